The molecule has 1 heterocycles. The lowest BCUT2D eigenvalue weighted by atomic mass is 10.2. The Morgan fingerprint density at radius 1 is 1.14 bits per heavy atom. The van der Waals surface area contributed by atoms with E-state index < -0.39 is 17.9 Å². The standard InChI is InChI=1S/C14H11F3N4O/c1-21(2)12-7-11(14(15,16)17)19-13(20-12)22-10-5-3-9(8-18)4-6-10/h3-7H,1-2H3. The van der Waals surface area contributed by atoms with Gasteiger partial charge in [0.1, 0.15) is 11.6 Å². The molecule has 0 saturated carbocycles. The van der Waals surface area contributed by atoms with Crippen LogP contribution in [0.4, 0.5) is 19.0 Å². The fourth-order valence-electron chi connectivity index (χ4n) is 1.54. The number of halogens is 3. The van der Waals surface area contributed by atoms with E-state index in [0.29, 0.717) is 5.56 Å². The summed E-state index contributed by atoms with van der Waals surface area (Å²) in [4.78, 5) is 8.71. The van der Waals surface area contributed by atoms with Crippen LogP contribution in [0.3, 0.4) is 0 Å². The summed E-state index contributed by atoms with van der Waals surface area (Å²) in [5.41, 5.74) is -0.680. The molecule has 2 aromatic rings. The lowest BCUT2D eigenvalue weighted by Gasteiger charge is -2.15. The van der Waals surface area contributed by atoms with Crippen molar-refractivity contribution in [1.29, 1.82) is 5.26 Å². The molecule has 0 bridgehead atoms. The van der Waals surface area contributed by atoms with Gasteiger partial charge in [-0.1, -0.05) is 0 Å². The maximum atomic E-state index is 12.8. The van der Waals surface area contributed by atoms with Gasteiger partial charge in [-0.2, -0.15) is 28.4 Å². The second-order valence-corrected chi connectivity index (χ2v) is 4.52. The van der Waals surface area contributed by atoms with Crippen molar-refractivity contribution in [2.24, 2.45) is 0 Å². The van der Waals surface area contributed by atoms with Crippen LogP contribution in [0.15, 0.2) is 30.3 Å². The van der Waals surface area contributed by atoms with Crippen molar-refractivity contribution in [2.75, 3.05) is 19.0 Å². The molecule has 114 valence electrons. The number of alkyl halides is 3. The number of hydrogen-bond acceptors (Lipinski definition) is 5. The van der Waals surface area contributed by atoms with Gasteiger partial charge in [0.05, 0.1) is 11.6 Å². The summed E-state index contributed by atoms with van der Waals surface area (Å²) >= 11 is 0. The van der Waals surface area contributed by atoms with E-state index in [0.717, 1.165) is 6.07 Å². The Morgan fingerprint density at radius 3 is 2.27 bits per heavy atom. The molecule has 0 aliphatic rings. The Bertz CT molecular complexity index is 706. The van der Waals surface area contributed by atoms with E-state index in [1.165, 1.54) is 29.2 Å². The number of rotatable bonds is 3. The van der Waals surface area contributed by atoms with Crippen molar-refractivity contribution in [2.45, 2.75) is 6.18 Å². The molecule has 22 heavy (non-hydrogen) atoms. The van der Waals surface area contributed by atoms with Gasteiger partial charge in [-0.25, -0.2) is 0 Å². The number of aromatic nitrogens is 2. The minimum Gasteiger partial charge on any atom is -0.424 e. The molecule has 0 radical (unpaired) electrons. The summed E-state index contributed by atoms with van der Waals surface area (Å²) < 4.78 is 43.8. The lowest BCUT2D eigenvalue weighted by molar-refractivity contribution is -0.141. The second kappa shape index (κ2) is 5.89. The van der Waals surface area contributed by atoms with Crippen LogP contribution in [-0.2, 0) is 6.18 Å². The van der Waals surface area contributed by atoms with E-state index in [2.05, 4.69) is 9.97 Å². The van der Waals surface area contributed by atoms with E-state index >= 15 is 0 Å². The van der Waals surface area contributed by atoms with Crippen LogP contribution in [0.1, 0.15) is 11.3 Å². The summed E-state index contributed by atoms with van der Waals surface area (Å²) in [6.07, 6.45) is -4.60. The molecule has 5 nitrogen and oxygen atoms in total. The molecule has 1 aromatic heterocycles. The summed E-state index contributed by atoms with van der Waals surface area (Å²) in [5, 5.41) is 8.70. The SMILES string of the molecule is CN(C)c1cc(C(F)(F)F)nc(Oc2ccc(C#N)cc2)n1. The Hall–Kier alpha value is -2.82. The normalized spacial score (nSPS) is 10.9. The number of benzene rings is 1. The van der Waals surface area contributed by atoms with Crippen molar-refractivity contribution in [3.63, 3.8) is 0 Å². The van der Waals surface area contributed by atoms with Gasteiger partial charge < -0.3 is 9.64 Å². The third-order valence-electron chi connectivity index (χ3n) is 2.63. The first-order valence-electron chi connectivity index (χ1n) is 6.11. The predicted molar refractivity (Wildman–Crippen MR) is 72.6 cm³/mol. The Labute approximate surface area is 124 Å². The van der Waals surface area contributed by atoms with Crippen molar-refractivity contribution < 1.29 is 17.9 Å². The van der Waals surface area contributed by atoms with Gasteiger partial charge in [0, 0.05) is 20.2 Å². The smallest absolute Gasteiger partial charge is 0.424 e. The van der Waals surface area contributed by atoms with Gasteiger partial charge in [-0.15, -0.1) is 0 Å². The Kier molecular flexibility index (Phi) is 4.17. The number of hydrogen-bond donors (Lipinski definition) is 0. The molecule has 0 N–H and O–H groups in total. The van der Waals surface area contributed by atoms with E-state index in [-0.39, 0.29) is 11.6 Å². The molecule has 0 saturated heterocycles. The fourth-order valence-corrected chi connectivity index (χ4v) is 1.54. The number of nitriles is 1. The first kappa shape index (κ1) is 15.6. The lowest BCUT2D eigenvalue weighted by Crippen LogP contribution is -2.15. The van der Waals surface area contributed by atoms with Gasteiger partial charge in [0.15, 0.2) is 5.69 Å². The highest BCUT2D eigenvalue weighted by Crippen LogP contribution is 2.31. The summed E-state index contributed by atoms with van der Waals surface area (Å²) in [6.45, 7) is 0. The third kappa shape index (κ3) is 3.63. The monoisotopic (exact) mass is 308 g/mol. The molecule has 0 aliphatic heterocycles. The number of ether oxygens (including phenoxy) is 1. The minimum atomic E-state index is -4.60. The number of anilines is 1. The van der Waals surface area contributed by atoms with Crippen molar-refractivity contribution in [1.82, 2.24) is 9.97 Å². The molecule has 0 amide bonds. The van der Waals surface area contributed by atoms with Crippen LogP contribution in [0, 0.1) is 11.3 Å². The molecule has 1 aromatic carbocycles. The van der Waals surface area contributed by atoms with Crippen LogP contribution in [0.2, 0.25) is 0 Å². The highest BCUT2D eigenvalue weighted by Gasteiger charge is 2.34. The Morgan fingerprint density at radius 2 is 1.77 bits per heavy atom. The zero-order valence-electron chi connectivity index (χ0n) is 11.7. The topological polar surface area (TPSA) is 62.0 Å². The van der Waals surface area contributed by atoms with Crippen molar-refractivity contribution in [3.8, 4) is 17.8 Å². The van der Waals surface area contributed by atoms with E-state index in [4.69, 9.17) is 10.00 Å². The van der Waals surface area contributed by atoms with Crippen LogP contribution in [-0.4, -0.2) is 24.1 Å². The number of nitrogens with zero attached hydrogens (tertiary/aromatic N) is 4. The molecular weight excluding hydrogens is 297 g/mol. The fraction of sp³-hybridized carbons (Fsp3) is 0.214. The highest BCUT2D eigenvalue weighted by atomic mass is 19.4. The van der Waals surface area contributed by atoms with Gasteiger partial charge in [-0.3, -0.25) is 0 Å². The third-order valence-corrected chi connectivity index (χ3v) is 2.63. The van der Waals surface area contributed by atoms with E-state index in [1.807, 2.05) is 6.07 Å². The van der Waals surface area contributed by atoms with Gasteiger partial charge in [0.2, 0.25) is 0 Å². The summed E-state index contributed by atoms with van der Waals surface area (Å²) in [6, 6.07) is 8.23. The highest BCUT2D eigenvalue weighted by molar-refractivity contribution is 5.41. The maximum absolute atomic E-state index is 12.8. The maximum Gasteiger partial charge on any atom is 0.433 e. The van der Waals surface area contributed by atoms with Crippen LogP contribution in [0.5, 0.6) is 11.8 Å². The molecule has 8 heteroatoms. The van der Waals surface area contributed by atoms with Gasteiger partial charge >= 0.3 is 12.2 Å². The predicted octanol–water partition coefficient (Wildman–Crippen LogP) is 3.23. The average Bonchev–Trinajstić information content (AvgIpc) is 2.46. The van der Waals surface area contributed by atoms with Crippen LogP contribution >= 0.6 is 0 Å². The summed E-state index contributed by atoms with van der Waals surface area (Å²) in [7, 11) is 3.13. The second-order valence-electron chi connectivity index (χ2n) is 4.52. The molecule has 0 spiro atoms. The first-order valence-corrected chi connectivity index (χ1v) is 6.11. The Balaban J connectivity index is 2.37. The molecule has 2 rings (SSSR count). The molecule has 0 fully saturated rings. The molecule has 0 aliphatic carbocycles. The quantitative estimate of drug-likeness (QED) is 0.871. The molecule has 0 unspecified atom stereocenters. The van der Waals surface area contributed by atoms with Gasteiger partial charge in [-0.05, 0) is 24.3 Å². The first-order chi connectivity index (χ1) is 10.3. The largest absolute Gasteiger partial charge is 0.433 e. The molecular formula is C14H11F3N4O. The zero-order chi connectivity index (χ0) is 16.3. The van der Waals surface area contributed by atoms with Crippen molar-refractivity contribution >= 4 is 5.82 Å². The summed E-state index contributed by atoms with van der Waals surface area (Å²) in [5.74, 6) is 0.314. The molecule has 0 atom stereocenters. The minimum absolute atomic E-state index is 0.0750. The van der Waals surface area contributed by atoms with E-state index in [1.54, 1.807) is 14.1 Å². The van der Waals surface area contributed by atoms with Gasteiger partial charge in [0.25, 0.3) is 0 Å². The van der Waals surface area contributed by atoms with Crippen molar-refractivity contribution in [3.05, 3.63) is 41.6 Å². The average molecular weight is 308 g/mol. The van der Waals surface area contributed by atoms with Crippen LogP contribution in [0.25, 0.3) is 0 Å². The zero-order valence-corrected chi connectivity index (χ0v) is 11.7. The van der Waals surface area contributed by atoms with E-state index in [9.17, 15) is 13.2 Å². The van der Waals surface area contributed by atoms with Crippen LogP contribution < -0.4 is 9.64 Å².